The molecule has 0 aromatic heterocycles. The maximum Gasteiger partial charge on any atom is 0.243 e. The van der Waals surface area contributed by atoms with E-state index in [1.165, 1.54) is 4.31 Å². The van der Waals surface area contributed by atoms with Crippen LogP contribution in [0.25, 0.3) is 0 Å². The molecule has 0 radical (unpaired) electrons. The van der Waals surface area contributed by atoms with Crippen molar-refractivity contribution < 1.29 is 13.2 Å². The Labute approximate surface area is 202 Å². The molecule has 0 spiro atoms. The molecule has 0 fully saturated rings. The predicted octanol–water partition coefficient (Wildman–Crippen LogP) is 5.10. The van der Waals surface area contributed by atoms with Gasteiger partial charge >= 0.3 is 0 Å². The number of nitrogens with zero attached hydrogens (tertiary/aromatic N) is 2. The quantitative estimate of drug-likeness (QED) is 0.334. The highest BCUT2D eigenvalue weighted by Gasteiger charge is 2.25. The second-order valence-electron chi connectivity index (χ2n) is 8.14. The Balaban J connectivity index is 1.83. The molecule has 0 unspecified atom stereocenters. The number of ether oxygens (including phenoxy) is 1. The van der Waals surface area contributed by atoms with E-state index in [4.69, 9.17) is 16.3 Å². The van der Waals surface area contributed by atoms with Gasteiger partial charge in [0.15, 0.2) is 0 Å². The summed E-state index contributed by atoms with van der Waals surface area (Å²) in [5, 5.41) is 0.501. The highest BCUT2D eigenvalue weighted by atomic mass is 35.5. The summed E-state index contributed by atoms with van der Waals surface area (Å²) in [6, 6.07) is 23.8. The second kappa shape index (κ2) is 12.2. The van der Waals surface area contributed by atoms with Gasteiger partial charge in [-0.2, -0.15) is 4.31 Å². The molecule has 33 heavy (non-hydrogen) atoms. The lowest BCUT2D eigenvalue weighted by Gasteiger charge is -2.24. The second-order valence-corrected chi connectivity index (χ2v) is 10.5. The Morgan fingerprint density at radius 3 is 2.21 bits per heavy atom. The van der Waals surface area contributed by atoms with Gasteiger partial charge in [-0.15, -0.1) is 0 Å². The zero-order valence-corrected chi connectivity index (χ0v) is 20.7. The van der Waals surface area contributed by atoms with Gasteiger partial charge in [-0.1, -0.05) is 60.1 Å². The third-order valence-electron chi connectivity index (χ3n) is 5.27. The summed E-state index contributed by atoms with van der Waals surface area (Å²) in [7, 11) is 0.329. The standard InChI is InChI=1S/C26H31ClN2O3S/c1-28(2)18-8-20-32-26-12-7-6-11-23(26)21-29(19-17-22-9-4-3-5-10-22)33(30,31)25-15-13-24(27)14-16-25/h3-7,9-16H,8,17-21H2,1-2H3. The zero-order chi connectivity index (χ0) is 23.7. The lowest BCUT2D eigenvalue weighted by atomic mass is 10.1. The number of hydrogen-bond acceptors (Lipinski definition) is 4. The monoisotopic (exact) mass is 486 g/mol. The van der Waals surface area contributed by atoms with E-state index in [0.29, 0.717) is 30.3 Å². The van der Waals surface area contributed by atoms with E-state index in [9.17, 15) is 8.42 Å². The van der Waals surface area contributed by atoms with E-state index in [1.54, 1.807) is 24.3 Å². The molecule has 0 amide bonds. The molecule has 0 heterocycles. The smallest absolute Gasteiger partial charge is 0.243 e. The van der Waals surface area contributed by atoms with E-state index in [0.717, 1.165) is 24.1 Å². The van der Waals surface area contributed by atoms with Gasteiger partial charge in [0, 0.05) is 30.2 Å². The average molecular weight is 487 g/mol. The Morgan fingerprint density at radius 2 is 1.52 bits per heavy atom. The topological polar surface area (TPSA) is 49.9 Å². The minimum atomic E-state index is -3.73. The van der Waals surface area contributed by atoms with Gasteiger partial charge in [0.2, 0.25) is 10.0 Å². The van der Waals surface area contributed by atoms with Crippen LogP contribution in [0.5, 0.6) is 5.75 Å². The summed E-state index contributed by atoms with van der Waals surface area (Å²) in [5.41, 5.74) is 1.93. The lowest BCUT2D eigenvalue weighted by Crippen LogP contribution is -2.32. The van der Waals surface area contributed by atoms with Crippen molar-refractivity contribution in [2.75, 3.05) is 33.8 Å². The van der Waals surface area contributed by atoms with Crippen LogP contribution < -0.4 is 4.74 Å². The summed E-state index contributed by atoms with van der Waals surface area (Å²) in [6.07, 6.45) is 1.50. The van der Waals surface area contributed by atoms with E-state index < -0.39 is 10.0 Å². The molecule has 3 aromatic carbocycles. The number of benzene rings is 3. The van der Waals surface area contributed by atoms with Crippen molar-refractivity contribution in [2.24, 2.45) is 0 Å². The summed E-state index contributed by atoms with van der Waals surface area (Å²) >= 11 is 5.99. The molecule has 7 heteroatoms. The number of para-hydroxylation sites is 1. The van der Waals surface area contributed by atoms with Crippen molar-refractivity contribution in [3.05, 3.63) is 95.0 Å². The largest absolute Gasteiger partial charge is 0.493 e. The maximum atomic E-state index is 13.6. The van der Waals surface area contributed by atoms with Crippen molar-refractivity contribution in [2.45, 2.75) is 24.3 Å². The number of rotatable bonds is 12. The maximum absolute atomic E-state index is 13.6. The van der Waals surface area contributed by atoms with Crippen molar-refractivity contribution >= 4 is 21.6 Å². The molecule has 0 saturated carbocycles. The first-order valence-electron chi connectivity index (χ1n) is 11.0. The molecule has 0 aliphatic heterocycles. The molecule has 0 bridgehead atoms. The number of hydrogen-bond donors (Lipinski definition) is 0. The van der Waals surface area contributed by atoms with Crippen molar-refractivity contribution in [3.63, 3.8) is 0 Å². The van der Waals surface area contributed by atoms with E-state index in [-0.39, 0.29) is 11.4 Å². The highest BCUT2D eigenvalue weighted by Crippen LogP contribution is 2.25. The van der Waals surface area contributed by atoms with Crippen molar-refractivity contribution in [1.82, 2.24) is 9.21 Å². The molecule has 0 N–H and O–H groups in total. The van der Waals surface area contributed by atoms with E-state index in [2.05, 4.69) is 4.90 Å². The summed E-state index contributed by atoms with van der Waals surface area (Å²) in [4.78, 5) is 2.34. The minimum absolute atomic E-state index is 0.224. The Kier molecular flexibility index (Phi) is 9.32. The van der Waals surface area contributed by atoms with Gasteiger partial charge in [0.05, 0.1) is 11.5 Å². The van der Waals surface area contributed by atoms with Crippen LogP contribution in [0.1, 0.15) is 17.5 Å². The van der Waals surface area contributed by atoms with Gasteiger partial charge in [-0.05, 0) is 62.8 Å². The molecule has 0 aliphatic rings. The highest BCUT2D eigenvalue weighted by molar-refractivity contribution is 7.89. The van der Waals surface area contributed by atoms with Gasteiger partial charge in [0.1, 0.15) is 5.75 Å². The van der Waals surface area contributed by atoms with Crippen LogP contribution in [0.15, 0.2) is 83.8 Å². The van der Waals surface area contributed by atoms with Crippen LogP contribution in [0, 0.1) is 0 Å². The van der Waals surface area contributed by atoms with Crippen LogP contribution in [0.4, 0.5) is 0 Å². The number of sulfonamides is 1. The van der Waals surface area contributed by atoms with Crippen LogP contribution in [-0.4, -0.2) is 51.4 Å². The fourth-order valence-electron chi connectivity index (χ4n) is 3.47. The normalized spacial score (nSPS) is 11.8. The predicted molar refractivity (Wildman–Crippen MR) is 134 cm³/mol. The van der Waals surface area contributed by atoms with Crippen LogP contribution in [0.3, 0.4) is 0 Å². The van der Waals surface area contributed by atoms with Crippen molar-refractivity contribution in [3.8, 4) is 5.75 Å². The molecular weight excluding hydrogens is 456 g/mol. The van der Waals surface area contributed by atoms with Gasteiger partial charge in [0.25, 0.3) is 0 Å². The molecule has 3 rings (SSSR count). The summed E-state index contributed by atoms with van der Waals surface area (Å²) < 4.78 is 34.6. The van der Waals surface area contributed by atoms with Gasteiger partial charge in [-0.25, -0.2) is 8.42 Å². The lowest BCUT2D eigenvalue weighted by molar-refractivity contribution is 0.276. The molecular formula is C26H31ClN2O3S. The summed E-state index contributed by atoms with van der Waals surface area (Å²) in [6.45, 7) is 2.07. The molecule has 0 saturated heterocycles. The molecule has 0 aliphatic carbocycles. The van der Waals surface area contributed by atoms with E-state index >= 15 is 0 Å². The van der Waals surface area contributed by atoms with Crippen LogP contribution in [0.2, 0.25) is 5.02 Å². The number of halogens is 1. The third kappa shape index (κ3) is 7.57. The molecule has 3 aromatic rings. The Hall–Kier alpha value is -2.38. The van der Waals surface area contributed by atoms with E-state index in [1.807, 2.05) is 68.7 Å². The Bertz CT molecular complexity index is 1100. The summed E-state index contributed by atoms with van der Waals surface area (Å²) in [5.74, 6) is 0.715. The first-order valence-corrected chi connectivity index (χ1v) is 12.8. The van der Waals surface area contributed by atoms with Gasteiger partial charge < -0.3 is 9.64 Å². The fourth-order valence-corrected chi connectivity index (χ4v) is 5.01. The van der Waals surface area contributed by atoms with Gasteiger partial charge in [-0.3, -0.25) is 0 Å². The molecule has 5 nitrogen and oxygen atoms in total. The SMILES string of the molecule is CN(C)CCCOc1ccccc1CN(CCc1ccccc1)S(=O)(=O)c1ccc(Cl)cc1. The molecule has 0 atom stereocenters. The average Bonchev–Trinajstić information content (AvgIpc) is 2.81. The molecule has 176 valence electrons. The first kappa shape index (κ1) is 25.2. The minimum Gasteiger partial charge on any atom is -0.493 e. The first-order chi connectivity index (χ1) is 15.9. The Morgan fingerprint density at radius 1 is 0.848 bits per heavy atom. The third-order valence-corrected chi connectivity index (χ3v) is 7.38. The van der Waals surface area contributed by atoms with Crippen LogP contribution in [-0.2, 0) is 23.0 Å². The van der Waals surface area contributed by atoms with Crippen molar-refractivity contribution in [1.29, 1.82) is 0 Å². The zero-order valence-electron chi connectivity index (χ0n) is 19.2. The fraction of sp³-hybridized carbons (Fsp3) is 0.308. The van der Waals surface area contributed by atoms with Crippen LogP contribution >= 0.6 is 11.6 Å².